The summed E-state index contributed by atoms with van der Waals surface area (Å²) in [5, 5.41) is 4.54. The van der Waals surface area contributed by atoms with Crippen LogP contribution in [0.25, 0.3) is 0 Å². The van der Waals surface area contributed by atoms with Gasteiger partial charge in [0.2, 0.25) is 5.78 Å². The molecule has 0 amide bonds. The highest BCUT2D eigenvalue weighted by Crippen LogP contribution is 2.25. The highest BCUT2D eigenvalue weighted by atomic mass is 35.5. The number of carbonyl (C=O) groups excluding carboxylic acids is 1. The van der Waals surface area contributed by atoms with Crippen LogP contribution in [0.1, 0.15) is 16.1 Å². The molecule has 2 aromatic rings. The summed E-state index contributed by atoms with van der Waals surface area (Å²) in [6, 6.07) is 6.57. The molecule has 1 aromatic carbocycles. The third-order valence-corrected chi connectivity index (χ3v) is 2.67. The number of hydrogen-bond donors (Lipinski definition) is 0. The lowest BCUT2D eigenvalue weighted by atomic mass is 10.1. The van der Waals surface area contributed by atoms with Crippen LogP contribution in [0.4, 0.5) is 0 Å². The van der Waals surface area contributed by atoms with Gasteiger partial charge in [0.15, 0.2) is 0 Å². The Hall–Kier alpha value is -1.81. The van der Waals surface area contributed by atoms with Gasteiger partial charge in [-0.05, 0) is 24.3 Å². The number of benzene rings is 1. The van der Waals surface area contributed by atoms with E-state index in [4.69, 9.17) is 16.3 Å². The number of hydrogen-bond acceptors (Lipinski definition) is 3. The second-order valence-corrected chi connectivity index (χ2v) is 3.96. The van der Waals surface area contributed by atoms with Crippen LogP contribution in [0.5, 0.6) is 5.75 Å². The molecule has 0 N–H and O–H groups in total. The maximum absolute atomic E-state index is 12.1. The number of nitrogens with zero attached hydrogens (tertiary/aromatic N) is 2. The minimum Gasteiger partial charge on any atom is -0.495 e. The second-order valence-electron chi connectivity index (χ2n) is 3.55. The van der Waals surface area contributed by atoms with Crippen molar-refractivity contribution in [1.82, 2.24) is 9.78 Å². The number of ether oxygens (including phenoxy) is 1. The van der Waals surface area contributed by atoms with Crippen LogP contribution in [0.3, 0.4) is 0 Å². The Morgan fingerprint density at radius 3 is 2.76 bits per heavy atom. The van der Waals surface area contributed by atoms with Crippen molar-refractivity contribution in [1.29, 1.82) is 0 Å². The SMILES string of the molecule is COc1cc(C(=O)c2ccn(C)n2)ccc1Cl. The lowest BCUT2D eigenvalue weighted by Crippen LogP contribution is -2.03. The largest absolute Gasteiger partial charge is 0.495 e. The summed E-state index contributed by atoms with van der Waals surface area (Å²) < 4.78 is 6.65. The number of carbonyl (C=O) groups is 1. The summed E-state index contributed by atoms with van der Waals surface area (Å²) in [7, 11) is 3.27. The fourth-order valence-electron chi connectivity index (χ4n) is 1.49. The van der Waals surface area contributed by atoms with Gasteiger partial charge in [0.25, 0.3) is 0 Å². The van der Waals surface area contributed by atoms with Crippen LogP contribution in [0.15, 0.2) is 30.5 Å². The van der Waals surface area contributed by atoms with Crippen LogP contribution >= 0.6 is 11.6 Å². The molecule has 0 aliphatic rings. The van der Waals surface area contributed by atoms with Gasteiger partial charge in [-0.25, -0.2) is 0 Å². The topological polar surface area (TPSA) is 44.1 Å². The van der Waals surface area contributed by atoms with Gasteiger partial charge < -0.3 is 4.74 Å². The molecule has 0 unspecified atom stereocenters. The van der Waals surface area contributed by atoms with Crippen molar-refractivity contribution in [2.45, 2.75) is 0 Å². The molecule has 4 nitrogen and oxygen atoms in total. The third-order valence-electron chi connectivity index (χ3n) is 2.36. The number of methoxy groups -OCH3 is 1. The van der Waals surface area contributed by atoms with Crippen molar-refractivity contribution < 1.29 is 9.53 Å². The van der Waals surface area contributed by atoms with E-state index < -0.39 is 0 Å². The van der Waals surface area contributed by atoms with Gasteiger partial charge in [0.05, 0.1) is 12.1 Å². The molecule has 0 fully saturated rings. The van der Waals surface area contributed by atoms with Crippen molar-refractivity contribution in [2.75, 3.05) is 7.11 Å². The van der Waals surface area contributed by atoms with E-state index in [0.717, 1.165) is 0 Å². The maximum atomic E-state index is 12.1. The average Bonchev–Trinajstić information content (AvgIpc) is 2.75. The predicted molar refractivity (Wildman–Crippen MR) is 64.6 cm³/mol. The summed E-state index contributed by atoms with van der Waals surface area (Å²) in [5.41, 5.74) is 0.904. The van der Waals surface area contributed by atoms with E-state index in [9.17, 15) is 4.79 Å². The minimum atomic E-state index is -0.152. The molecule has 0 spiro atoms. The molecular formula is C12H11ClN2O2. The van der Waals surface area contributed by atoms with Gasteiger partial charge >= 0.3 is 0 Å². The quantitative estimate of drug-likeness (QED) is 0.786. The molecule has 88 valence electrons. The zero-order valence-electron chi connectivity index (χ0n) is 9.48. The number of aryl methyl sites for hydroxylation is 1. The van der Waals surface area contributed by atoms with Crippen molar-refractivity contribution in [3.05, 3.63) is 46.7 Å². The first-order chi connectivity index (χ1) is 8.11. The number of aromatic nitrogens is 2. The molecule has 0 aliphatic carbocycles. The summed E-state index contributed by atoms with van der Waals surface area (Å²) in [4.78, 5) is 12.1. The molecule has 1 aromatic heterocycles. The van der Waals surface area contributed by atoms with E-state index in [0.29, 0.717) is 22.0 Å². The fourth-order valence-corrected chi connectivity index (χ4v) is 1.68. The molecule has 2 rings (SSSR count). The van der Waals surface area contributed by atoms with Crippen molar-refractivity contribution in [3.8, 4) is 5.75 Å². The first-order valence-corrected chi connectivity index (χ1v) is 5.37. The zero-order chi connectivity index (χ0) is 12.4. The van der Waals surface area contributed by atoms with Gasteiger partial charge in [0, 0.05) is 18.8 Å². The summed E-state index contributed by atoms with van der Waals surface area (Å²) in [6.45, 7) is 0. The minimum absolute atomic E-state index is 0.152. The molecule has 0 radical (unpaired) electrons. The van der Waals surface area contributed by atoms with Gasteiger partial charge in [0.1, 0.15) is 11.4 Å². The van der Waals surface area contributed by atoms with Crippen molar-refractivity contribution in [2.24, 2.45) is 7.05 Å². The first kappa shape index (κ1) is 11.7. The Morgan fingerprint density at radius 2 is 2.18 bits per heavy atom. The van der Waals surface area contributed by atoms with Gasteiger partial charge in [-0.1, -0.05) is 11.6 Å². The Labute approximate surface area is 104 Å². The fraction of sp³-hybridized carbons (Fsp3) is 0.167. The van der Waals surface area contributed by atoms with E-state index >= 15 is 0 Å². The molecule has 0 saturated heterocycles. The van der Waals surface area contributed by atoms with Gasteiger partial charge in [-0.2, -0.15) is 5.10 Å². The lowest BCUT2D eigenvalue weighted by molar-refractivity contribution is 0.103. The van der Waals surface area contributed by atoms with Crippen LogP contribution in [0.2, 0.25) is 5.02 Å². The molecule has 0 bridgehead atoms. The molecular weight excluding hydrogens is 240 g/mol. The summed E-state index contributed by atoms with van der Waals surface area (Å²) in [5.74, 6) is 0.328. The van der Waals surface area contributed by atoms with Crippen LogP contribution in [-0.4, -0.2) is 22.7 Å². The highest BCUT2D eigenvalue weighted by Gasteiger charge is 2.13. The van der Waals surface area contributed by atoms with Gasteiger partial charge in [-0.3, -0.25) is 9.48 Å². The molecule has 17 heavy (non-hydrogen) atoms. The normalized spacial score (nSPS) is 10.3. The predicted octanol–water partition coefficient (Wildman–Crippen LogP) is 2.31. The standard InChI is InChI=1S/C12H11ClN2O2/c1-15-6-5-10(14-15)12(16)8-3-4-9(13)11(7-8)17-2/h3-7H,1-2H3. The Balaban J connectivity index is 2.37. The monoisotopic (exact) mass is 250 g/mol. The third kappa shape index (κ3) is 2.31. The van der Waals surface area contributed by atoms with Crippen LogP contribution in [0, 0.1) is 0 Å². The van der Waals surface area contributed by atoms with E-state index in [1.54, 1.807) is 42.2 Å². The Kier molecular flexibility index (Phi) is 3.15. The van der Waals surface area contributed by atoms with Crippen LogP contribution < -0.4 is 4.74 Å². The number of halogens is 1. The smallest absolute Gasteiger partial charge is 0.213 e. The van der Waals surface area contributed by atoms with Crippen LogP contribution in [-0.2, 0) is 7.05 Å². The summed E-state index contributed by atoms with van der Waals surface area (Å²) >= 11 is 5.90. The second kappa shape index (κ2) is 4.59. The number of rotatable bonds is 3. The average molecular weight is 251 g/mol. The zero-order valence-corrected chi connectivity index (χ0v) is 10.2. The Morgan fingerprint density at radius 1 is 1.41 bits per heavy atom. The molecule has 5 heteroatoms. The molecule has 0 saturated carbocycles. The highest BCUT2D eigenvalue weighted by molar-refractivity contribution is 6.32. The Bertz CT molecular complexity index is 563. The lowest BCUT2D eigenvalue weighted by Gasteiger charge is -2.04. The van der Waals surface area contributed by atoms with Crippen molar-refractivity contribution >= 4 is 17.4 Å². The van der Waals surface area contributed by atoms with E-state index in [1.807, 2.05) is 0 Å². The molecule has 0 aliphatic heterocycles. The van der Waals surface area contributed by atoms with E-state index in [2.05, 4.69) is 5.10 Å². The van der Waals surface area contributed by atoms with E-state index in [1.165, 1.54) is 7.11 Å². The van der Waals surface area contributed by atoms with Gasteiger partial charge in [-0.15, -0.1) is 0 Å². The van der Waals surface area contributed by atoms with Crippen molar-refractivity contribution in [3.63, 3.8) is 0 Å². The van der Waals surface area contributed by atoms with E-state index in [-0.39, 0.29) is 5.78 Å². The first-order valence-electron chi connectivity index (χ1n) is 4.99. The molecule has 0 atom stereocenters. The number of ketones is 1. The maximum Gasteiger partial charge on any atom is 0.213 e. The molecule has 1 heterocycles. The summed E-state index contributed by atoms with van der Waals surface area (Å²) in [6.07, 6.45) is 1.72.